The fourth-order valence-corrected chi connectivity index (χ4v) is 3.92. The van der Waals surface area contributed by atoms with Gasteiger partial charge in [0.1, 0.15) is 0 Å². The molecule has 1 aliphatic rings. The van der Waals surface area contributed by atoms with Crippen molar-refractivity contribution in [3.05, 3.63) is 82.8 Å². The van der Waals surface area contributed by atoms with Crippen LogP contribution in [0.1, 0.15) is 5.56 Å². The quantitative estimate of drug-likeness (QED) is 0.477. The molecule has 6 heteroatoms. The maximum Gasteiger partial charge on any atom is 0.350 e. The van der Waals surface area contributed by atoms with Crippen LogP contribution in [0.4, 0.5) is 0 Å². The molecule has 0 saturated heterocycles. The van der Waals surface area contributed by atoms with Crippen molar-refractivity contribution in [1.29, 1.82) is 0 Å². The summed E-state index contributed by atoms with van der Waals surface area (Å²) >= 11 is 0. The highest BCUT2D eigenvalue weighted by Gasteiger charge is 2.20. The molecule has 3 heterocycles. The van der Waals surface area contributed by atoms with Crippen LogP contribution in [0.15, 0.2) is 71.5 Å². The molecule has 0 saturated carbocycles. The van der Waals surface area contributed by atoms with Crippen molar-refractivity contribution < 1.29 is 9.47 Å². The van der Waals surface area contributed by atoms with E-state index in [9.17, 15) is 4.79 Å². The van der Waals surface area contributed by atoms with E-state index in [4.69, 9.17) is 9.47 Å². The fourth-order valence-electron chi connectivity index (χ4n) is 3.92. The summed E-state index contributed by atoms with van der Waals surface area (Å²) in [4.78, 5) is 13.4. The van der Waals surface area contributed by atoms with Gasteiger partial charge in [0, 0.05) is 16.8 Å². The van der Waals surface area contributed by atoms with Crippen LogP contribution in [0.5, 0.6) is 11.5 Å². The first-order valence-corrected chi connectivity index (χ1v) is 9.07. The Morgan fingerprint density at radius 2 is 1.64 bits per heavy atom. The maximum atomic E-state index is 13.4. The van der Waals surface area contributed by atoms with Gasteiger partial charge in [-0.1, -0.05) is 48.5 Å². The van der Waals surface area contributed by atoms with Crippen molar-refractivity contribution in [2.24, 2.45) is 0 Å². The molecule has 0 N–H and O–H groups in total. The van der Waals surface area contributed by atoms with E-state index in [2.05, 4.69) is 5.10 Å². The highest BCUT2D eigenvalue weighted by Crippen LogP contribution is 2.38. The molecule has 0 fully saturated rings. The lowest BCUT2D eigenvalue weighted by molar-refractivity contribution is 0.174. The van der Waals surface area contributed by atoms with Gasteiger partial charge in [0.05, 0.1) is 23.1 Å². The summed E-state index contributed by atoms with van der Waals surface area (Å²) in [5.74, 6) is 1.34. The summed E-state index contributed by atoms with van der Waals surface area (Å²) in [6.45, 7) is 0.687. The molecule has 6 rings (SSSR count). The van der Waals surface area contributed by atoms with Gasteiger partial charge in [0.2, 0.25) is 6.79 Å². The molecule has 28 heavy (non-hydrogen) atoms. The zero-order valence-corrected chi connectivity index (χ0v) is 14.8. The minimum atomic E-state index is -0.171. The van der Waals surface area contributed by atoms with Crippen molar-refractivity contribution in [3.63, 3.8) is 0 Å². The third-order valence-electron chi connectivity index (χ3n) is 5.21. The SMILES string of the molecule is O=c1n(Cc2ccccc2)c2ccccc2c2c3cc4c(cc3nn12)OCO4. The van der Waals surface area contributed by atoms with Crippen LogP contribution in [-0.2, 0) is 6.54 Å². The Kier molecular flexibility index (Phi) is 3.05. The lowest BCUT2D eigenvalue weighted by Crippen LogP contribution is -2.28. The van der Waals surface area contributed by atoms with E-state index in [1.54, 1.807) is 4.57 Å². The number of para-hydroxylation sites is 1. The Labute approximate surface area is 159 Å². The normalized spacial score (nSPS) is 13.0. The summed E-state index contributed by atoms with van der Waals surface area (Å²) in [6.07, 6.45) is 0. The van der Waals surface area contributed by atoms with Gasteiger partial charge < -0.3 is 9.47 Å². The first kappa shape index (κ1) is 15.3. The van der Waals surface area contributed by atoms with E-state index in [0.29, 0.717) is 23.6 Å². The fraction of sp³-hybridized carbons (Fsp3) is 0.0909. The summed E-state index contributed by atoms with van der Waals surface area (Å²) < 4.78 is 14.3. The lowest BCUT2D eigenvalue weighted by atomic mass is 10.1. The number of rotatable bonds is 2. The Bertz CT molecular complexity index is 1430. The molecule has 1 aliphatic heterocycles. The summed E-state index contributed by atoms with van der Waals surface area (Å²) in [5, 5.41) is 6.44. The monoisotopic (exact) mass is 369 g/mol. The van der Waals surface area contributed by atoms with Crippen LogP contribution in [0.25, 0.3) is 27.3 Å². The van der Waals surface area contributed by atoms with Gasteiger partial charge in [-0.2, -0.15) is 9.61 Å². The zero-order chi connectivity index (χ0) is 18.7. The molecule has 6 nitrogen and oxygen atoms in total. The molecule has 0 spiro atoms. The average molecular weight is 369 g/mol. The molecule has 2 aromatic heterocycles. The highest BCUT2D eigenvalue weighted by atomic mass is 16.7. The van der Waals surface area contributed by atoms with Gasteiger partial charge in [-0.05, 0) is 17.7 Å². The van der Waals surface area contributed by atoms with Crippen LogP contribution in [0.3, 0.4) is 0 Å². The van der Waals surface area contributed by atoms with Crippen molar-refractivity contribution >= 4 is 27.3 Å². The Hall–Kier alpha value is -3.80. The molecule has 0 atom stereocenters. The Morgan fingerprint density at radius 3 is 2.50 bits per heavy atom. The molecule has 0 radical (unpaired) electrons. The van der Waals surface area contributed by atoms with E-state index < -0.39 is 0 Å². The minimum absolute atomic E-state index is 0.171. The Morgan fingerprint density at radius 1 is 0.893 bits per heavy atom. The predicted molar refractivity (Wildman–Crippen MR) is 106 cm³/mol. The topological polar surface area (TPSA) is 57.8 Å². The molecule has 0 aliphatic carbocycles. The molecule has 136 valence electrons. The van der Waals surface area contributed by atoms with Gasteiger partial charge in [-0.25, -0.2) is 4.79 Å². The number of fused-ring (bicyclic) bond motifs is 6. The number of hydrogen-bond donors (Lipinski definition) is 0. The van der Waals surface area contributed by atoms with E-state index in [1.807, 2.05) is 66.7 Å². The highest BCUT2D eigenvalue weighted by molar-refractivity contribution is 6.09. The standard InChI is InChI=1S/C22H15N3O3/c26-22-24(12-14-6-2-1-3-7-14)18-9-5-4-8-15(18)21-16-10-19-20(28-13-27-19)11-17(16)23-25(21)22/h1-11H,12-13H2. The molecule has 0 amide bonds. The minimum Gasteiger partial charge on any atom is -0.454 e. The molecular formula is C22H15N3O3. The Balaban J connectivity index is 1.72. The smallest absolute Gasteiger partial charge is 0.350 e. The van der Waals surface area contributed by atoms with Crippen LogP contribution in [0.2, 0.25) is 0 Å². The molecule has 3 aromatic carbocycles. The van der Waals surface area contributed by atoms with E-state index >= 15 is 0 Å². The number of ether oxygens (including phenoxy) is 2. The third-order valence-corrected chi connectivity index (χ3v) is 5.21. The van der Waals surface area contributed by atoms with Crippen molar-refractivity contribution in [2.45, 2.75) is 6.54 Å². The van der Waals surface area contributed by atoms with E-state index in [0.717, 1.165) is 27.4 Å². The van der Waals surface area contributed by atoms with Crippen molar-refractivity contribution in [3.8, 4) is 11.5 Å². The number of nitrogens with zero attached hydrogens (tertiary/aromatic N) is 3. The van der Waals surface area contributed by atoms with Gasteiger partial charge in [0.25, 0.3) is 0 Å². The van der Waals surface area contributed by atoms with E-state index in [1.165, 1.54) is 4.52 Å². The summed E-state index contributed by atoms with van der Waals surface area (Å²) in [6, 6.07) is 21.6. The molecular weight excluding hydrogens is 354 g/mol. The van der Waals surface area contributed by atoms with Gasteiger partial charge in [0.15, 0.2) is 11.5 Å². The van der Waals surface area contributed by atoms with Crippen molar-refractivity contribution in [2.75, 3.05) is 6.79 Å². The number of hydrogen-bond acceptors (Lipinski definition) is 4. The molecule has 0 unspecified atom stereocenters. The molecule has 0 bridgehead atoms. The first-order chi connectivity index (χ1) is 13.8. The second kappa shape index (κ2) is 5.60. The van der Waals surface area contributed by atoms with Gasteiger partial charge in [-0.15, -0.1) is 0 Å². The van der Waals surface area contributed by atoms with Crippen LogP contribution >= 0.6 is 0 Å². The van der Waals surface area contributed by atoms with Crippen LogP contribution in [-0.4, -0.2) is 21.0 Å². The maximum absolute atomic E-state index is 13.4. The van der Waals surface area contributed by atoms with Crippen molar-refractivity contribution in [1.82, 2.24) is 14.2 Å². The van der Waals surface area contributed by atoms with Crippen LogP contribution in [0, 0.1) is 0 Å². The summed E-state index contributed by atoms with van der Waals surface area (Å²) in [7, 11) is 0. The van der Waals surface area contributed by atoms with Crippen LogP contribution < -0.4 is 15.2 Å². The second-order valence-electron chi connectivity index (χ2n) is 6.85. The predicted octanol–water partition coefficient (Wildman–Crippen LogP) is 3.58. The first-order valence-electron chi connectivity index (χ1n) is 9.07. The zero-order valence-electron chi connectivity index (χ0n) is 14.8. The summed E-state index contributed by atoms with van der Waals surface area (Å²) in [5.41, 5.74) is 3.27. The van der Waals surface area contributed by atoms with Gasteiger partial charge >= 0.3 is 5.69 Å². The second-order valence-corrected chi connectivity index (χ2v) is 6.85. The third kappa shape index (κ3) is 2.08. The average Bonchev–Trinajstić information content (AvgIpc) is 3.34. The largest absolute Gasteiger partial charge is 0.454 e. The number of aromatic nitrogens is 3. The number of benzene rings is 3. The molecule has 5 aromatic rings. The van der Waals surface area contributed by atoms with Gasteiger partial charge in [-0.3, -0.25) is 4.57 Å². The lowest BCUT2D eigenvalue weighted by Gasteiger charge is -2.12. The van der Waals surface area contributed by atoms with E-state index in [-0.39, 0.29) is 12.5 Å².